The number of ketones is 1. The second-order valence-electron chi connectivity index (χ2n) is 3.44. The number of carbonyl (C=O) groups is 1. The number of carbonyl (C=O) groups excluding carboxylic acids is 1. The zero-order valence-electron chi connectivity index (χ0n) is 8.58. The van der Waals surface area contributed by atoms with Gasteiger partial charge in [-0.25, -0.2) is 4.39 Å². The Bertz CT molecular complexity index is 566. The van der Waals surface area contributed by atoms with Gasteiger partial charge < -0.3 is 0 Å². The average Bonchev–Trinajstić information content (AvgIpc) is 2.33. The summed E-state index contributed by atoms with van der Waals surface area (Å²) in [7, 11) is 0. The van der Waals surface area contributed by atoms with E-state index in [0.717, 1.165) is 3.57 Å². The lowest BCUT2D eigenvalue weighted by Gasteiger charge is -2.04. The number of hydrogen-bond donors (Lipinski definition) is 0. The van der Waals surface area contributed by atoms with Crippen molar-refractivity contribution in [3.8, 4) is 0 Å². The third-order valence-corrected chi connectivity index (χ3v) is 3.63. The van der Waals surface area contributed by atoms with Crippen molar-refractivity contribution in [1.82, 2.24) is 0 Å². The summed E-state index contributed by atoms with van der Waals surface area (Å²) in [6, 6.07) is 11.7. The van der Waals surface area contributed by atoms with Crippen LogP contribution in [-0.4, -0.2) is 5.78 Å². The van der Waals surface area contributed by atoms with E-state index in [2.05, 4.69) is 38.5 Å². The van der Waals surface area contributed by atoms with Crippen molar-refractivity contribution >= 4 is 44.3 Å². The molecule has 4 heteroatoms. The van der Waals surface area contributed by atoms with E-state index in [1.165, 1.54) is 6.07 Å². The van der Waals surface area contributed by atoms with Gasteiger partial charge in [-0.15, -0.1) is 0 Å². The Morgan fingerprint density at radius 1 is 1.12 bits per heavy atom. The molecule has 0 aromatic heterocycles. The third-order valence-electron chi connectivity index (χ3n) is 2.30. The van der Waals surface area contributed by atoms with E-state index in [-0.39, 0.29) is 11.3 Å². The maximum Gasteiger partial charge on any atom is 0.196 e. The minimum atomic E-state index is -0.518. The molecule has 0 aliphatic rings. The van der Waals surface area contributed by atoms with Crippen LogP contribution in [0.3, 0.4) is 0 Å². The van der Waals surface area contributed by atoms with E-state index in [0.29, 0.717) is 10.0 Å². The summed E-state index contributed by atoms with van der Waals surface area (Å²) in [5, 5.41) is 0. The topological polar surface area (TPSA) is 17.1 Å². The van der Waals surface area contributed by atoms with Gasteiger partial charge in [0.15, 0.2) is 5.78 Å². The van der Waals surface area contributed by atoms with Gasteiger partial charge in [0.1, 0.15) is 5.82 Å². The highest BCUT2D eigenvalue weighted by Gasteiger charge is 2.15. The monoisotopic (exact) mass is 404 g/mol. The fourth-order valence-corrected chi connectivity index (χ4v) is 2.16. The molecule has 0 N–H and O–H groups in total. The van der Waals surface area contributed by atoms with Crippen LogP contribution in [0.1, 0.15) is 15.9 Å². The Kier molecular flexibility index (Phi) is 3.93. The minimum absolute atomic E-state index is 0.0839. The Morgan fingerprint density at radius 2 is 1.76 bits per heavy atom. The highest BCUT2D eigenvalue weighted by Crippen LogP contribution is 2.21. The molecule has 17 heavy (non-hydrogen) atoms. The molecule has 0 unspecified atom stereocenters. The molecule has 86 valence electrons. The summed E-state index contributed by atoms with van der Waals surface area (Å²) in [6.45, 7) is 0. The molecule has 0 amide bonds. The summed E-state index contributed by atoms with van der Waals surface area (Å²) >= 11 is 5.22. The van der Waals surface area contributed by atoms with Crippen LogP contribution in [0.25, 0.3) is 0 Å². The zero-order valence-corrected chi connectivity index (χ0v) is 12.3. The van der Waals surface area contributed by atoms with E-state index in [1.807, 2.05) is 12.1 Å². The molecule has 1 nitrogen and oxygen atoms in total. The van der Waals surface area contributed by atoms with Gasteiger partial charge in [-0.3, -0.25) is 4.79 Å². The molecular formula is C13H7BrFIO. The number of halogens is 3. The zero-order chi connectivity index (χ0) is 12.4. The molecule has 0 aliphatic carbocycles. The molecule has 0 fully saturated rings. The van der Waals surface area contributed by atoms with Crippen LogP contribution < -0.4 is 0 Å². The molecule has 0 saturated carbocycles. The van der Waals surface area contributed by atoms with Crippen LogP contribution in [0.2, 0.25) is 0 Å². The van der Waals surface area contributed by atoms with Gasteiger partial charge in [0.05, 0.1) is 10.0 Å². The lowest BCUT2D eigenvalue weighted by molar-refractivity contribution is 0.103. The van der Waals surface area contributed by atoms with Crippen molar-refractivity contribution in [2.24, 2.45) is 0 Å². The van der Waals surface area contributed by atoms with E-state index in [1.54, 1.807) is 24.3 Å². The minimum Gasteiger partial charge on any atom is -0.288 e. The highest BCUT2D eigenvalue weighted by atomic mass is 127. The molecule has 2 aromatic rings. The van der Waals surface area contributed by atoms with Gasteiger partial charge in [0, 0.05) is 9.13 Å². The Labute approximate surface area is 120 Å². The molecule has 2 aromatic carbocycles. The summed E-state index contributed by atoms with van der Waals surface area (Å²) in [6.07, 6.45) is 0. The SMILES string of the molecule is O=C(c1ccc(I)cc1)c1cccc(Br)c1F. The first-order valence-corrected chi connectivity index (χ1v) is 6.71. The van der Waals surface area contributed by atoms with Gasteiger partial charge >= 0.3 is 0 Å². The van der Waals surface area contributed by atoms with E-state index >= 15 is 0 Å². The maximum atomic E-state index is 13.7. The van der Waals surface area contributed by atoms with Crippen LogP contribution >= 0.6 is 38.5 Å². The van der Waals surface area contributed by atoms with Crippen LogP contribution in [0.5, 0.6) is 0 Å². The lowest BCUT2D eigenvalue weighted by Crippen LogP contribution is -2.04. The second kappa shape index (κ2) is 5.27. The lowest BCUT2D eigenvalue weighted by atomic mass is 10.0. The summed E-state index contributed by atoms with van der Waals surface area (Å²) in [5.74, 6) is -0.823. The van der Waals surface area contributed by atoms with Crippen molar-refractivity contribution in [2.75, 3.05) is 0 Å². The van der Waals surface area contributed by atoms with Crippen molar-refractivity contribution in [3.63, 3.8) is 0 Å². The highest BCUT2D eigenvalue weighted by molar-refractivity contribution is 14.1. The molecule has 0 bridgehead atoms. The standard InChI is InChI=1S/C13H7BrFIO/c14-11-3-1-2-10(12(11)15)13(17)8-4-6-9(16)7-5-8/h1-7H. The smallest absolute Gasteiger partial charge is 0.196 e. The van der Waals surface area contributed by atoms with Crippen molar-refractivity contribution in [2.45, 2.75) is 0 Å². The first-order chi connectivity index (χ1) is 8.09. The van der Waals surface area contributed by atoms with Crippen LogP contribution in [0.15, 0.2) is 46.9 Å². The van der Waals surface area contributed by atoms with Gasteiger partial charge in [-0.05, 0) is 74.9 Å². The predicted molar refractivity (Wildman–Crippen MR) is 76.7 cm³/mol. The van der Waals surface area contributed by atoms with Gasteiger partial charge in [0.25, 0.3) is 0 Å². The third kappa shape index (κ3) is 2.74. The van der Waals surface area contributed by atoms with Crippen molar-refractivity contribution in [1.29, 1.82) is 0 Å². The Balaban J connectivity index is 2.44. The van der Waals surface area contributed by atoms with Crippen LogP contribution in [0.4, 0.5) is 4.39 Å². The molecule has 0 radical (unpaired) electrons. The predicted octanol–water partition coefficient (Wildman–Crippen LogP) is 4.42. The first-order valence-electron chi connectivity index (χ1n) is 4.84. The fraction of sp³-hybridized carbons (Fsp3) is 0. The first kappa shape index (κ1) is 12.7. The Hall–Kier alpha value is -0.750. The van der Waals surface area contributed by atoms with E-state index in [4.69, 9.17) is 0 Å². The van der Waals surface area contributed by atoms with Gasteiger partial charge in [-0.1, -0.05) is 6.07 Å². The molecule has 2 rings (SSSR count). The summed E-state index contributed by atoms with van der Waals surface area (Å²) in [5.41, 5.74) is 0.572. The molecular weight excluding hydrogens is 398 g/mol. The average molecular weight is 405 g/mol. The quantitative estimate of drug-likeness (QED) is 0.534. The van der Waals surface area contributed by atoms with E-state index < -0.39 is 5.82 Å². The van der Waals surface area contributed by atoms with Crippen LogP contribution in [-0.2, 0) is 0 Å². The second-order valence-corrected chi connectivity index (χ2v) is 5.54. The number of rotatable bonds is 2. The normalized spacial score (nSPS) is 10.3. The summed E-state index contributed by atoms with van der Waals surface area (Å²) in [4.78, 5) is 12.1. The van der Waals surface area contributed by atoms with Crippen molar-refractivity contribution in [3.05, 3.63) is 67.5 Å². The molecule has 0 spiro atoms. The maximum absolute atomic E-state index is 13.7. The van der Waals surface area contributed by atoms with E-state index in [9.17, 15) is 9.18 Å². The van der Waals surface area contributed by atoms with Gasteiger partial charge in [0.2, 0.25) is 0 Å². The molecule has 0 aliphatic heterocycles. The molecule has 0 saturated heterocycles. The summed E-state index contributed by atoms with van der Waals surface area (Å²) < 4.78 is 15.1. The Morgan fingerprint density at radius 3 is 2.41 bits per heavy atom. The largest absolute Gasteiger partial charge is 0.288 e. The number of hydrogen-bond acceptors (Lipinski definition) is 1. The fourth-order valence-electron chi connectivity index (χ4n) is 1.44. The molecule has 0 atom stereocenters. The van der Waals surface area contributed by atoms with Crippen molar-refractivity contribution < 1.29 is 9.18 Å². The van der Waals surface area contributed by atoms with Gasteiger partial charge in [-0.2, -0.15) is 0 Å². The van der Waals surface area contributed by atoms with Crippen LogP contribution in [0, 0.1) is 9.39 Å². The number of benzene rings is 2. The molecule has 0 heterocycles.